The zero-order valence-corrected chi connectivity index (χ0v) is 14.8. The highest BCUT2D eigenvalue weighted by Gasteiger charge is 2.34. The highest BCUT2D eigenvalue weighted by molar-refractivity contribution is 6.01. The summed E-state index contributed by atoms with van der Waals surface area (Å²) in [5.74, 6) is 0.564. The van der Waals surface area contributed by atoms with Crippen molar-refractivity contribution in [2.45, 2.75) is 25.8 Å². The molecule has 25 heavy (non-hydrogen) atoms. The van der Waals surface area contributed by atoms with Crippen LogP contribution in [-0.4, -0.2) is 46.3 Å². The van der Waals surface area contributed by atoms with Crippen LogP contribution >= 0.6 is 0 Å². The minimum absolute atomic E-state index is 0.0451. The van der Waals surface area contributed by atoms with Gasteiger partial charge in [-0.1, -0.05) is 18.2 Å². The summed E-state index contributed by atoms with van der Waals surface area (Å²) in [4.78, 5) is 28.7. The van der Waals surface area contributed by atoms with Gasteiger partial charge in [0, 0.05) is 32.4 Å². The van der Waals surface area contributed by atoms with Crippen molar-refractivity contribution >= 4 is 23.4 Å². The summed E-state index contributed by atoms with van der Waals surface area (Å²) in [6.45, 7) is 2.54. The predicted octanol–water partition coefficient (Wildman–Crippen LogP) is 2.39. The fourth-order valence-corrected chi connectivity index (χ4v) is 3.15. The molecule has 7 heteroatoms. The Bertz CT molecular complexity index is 771. The van der Waals surface area contributed by atoms with Gasteiger partial charge in [-0.2, -0.15) is 5.10 Å². The molecule has 132 valence electrons. The van der Waals surface area contributed by atoms with E-state index in [0.717, 1.165) is 17.8 Å². The molecule has 3 rings (SSSR count). The van der Waals surface area contributed by atoms with Crippen LogP contribution < -0.4 is 10.2 Å². The van der Waals surface area contributed by atoms with Crippen LogP contribution in [0.2, 0.25) is 0 Å². The molecule has 7 nitrogen and oxygen atoms in total. The summed E-state index contributed by atoms with van der Waals surface area (Å²) in [7, 11) is 3.43. The molecule has 0 saturated carbocycles. The van der Waals surface area contributed by atoms with Gasteiger partial charge in [-0.15, -0.1) is 0 Å². The van der Waals surface area contributed by atoms with E-state index in [2.05, 4.69) is 10.4 Å². The van der Waals surface area contributed by atoms with Crippen molar-refractivity contribution in [3.8, 4) is 0 Å². The smallest absolute Gasteiger partial charge is 0.316 e. The third kappa shape index (κ3) is 3.50. The molecule has 0 spiro atoms. The first-order chi connectivity index (χ1) is 12.0. The van der Waals surface area contributed by atoms with E-state index in [1.54, 1.807) is 29.7 Å². The van der Waals surface area contributed by atoms with Gasteiger partial charge in [-0.05, 0) is 31.9 Å². The number of para-hydroxylation sites is 1. The lowest BCUT2D eigenvalue weighted by atomic mass is 10.0. The zero-order chi connectivity index (χ0) is 18.0. The molecule has 2 heterocycles. The molecule has 0 aliphatic carbocycles. The maximum Gasteiger partial charge on any atom is 0.323 e. The first-order valence-electron chi connectivity index (χ1n) is 8.38. The Morgan fingerprint density at radius 1 is 1.32 bits per heavy atom. The number of amides is 3. The fraction of sp³-hybridized carbons (Fsp3) is 0.389. The molecule has 1 aliphatic heterocycles. The summed E-state index contributed by atoms with van der Waals surface area (Å²) in [5, 5.41) is 7.03. The van der Waals surface area contributed by atoms with Gasteiger partial charge >= 0.3 is 6.03 Å². The van der Waals surface area contributed by atoms with Gasteiger partial charge in [0.25, 0.3) is 0 Å². The van der Waals surface area contributed by atoms with Gasteiger partial charge < -0.3 is 9.80 Å². The van der Waals surface area contributed by atoms with Gasteiger partial charge in [-0.3, -0.25) is 14.8 Å². The van der Waals surface area contributed by atoms with Gasteiger partial charge in [0.15, 0.2) is 0 Å². The van der Waals surface area contributed by atoms with Crippen molar-refractivity contribution < 1.29 is 9.59 Å². The van der Waals surface area contributed by atoms with E-state index in [1.807, 2.05) is 37.3 Å². The third-order valence-corrected chi connectivity index (χ3v) is 4.50. The normalized spacial score (nSPS) is 17.5. The van der Waals surface area contributed by atoms with E-state index >= 15 is 0 Å². The van der Waals surface area contributed by atoms with E-state index in [0.29, 0.717) is 18.8 Å². The first kappa shape index (κ1) is 17.0. The van der Waals surface area contributed by atoms with Crippen molar-refractivity contribution in [2.24, 2.45) is 7.05 Å². The maximum atomic E-state index is 12.9. The van der Waals surface area contributed by atoms with Crippen molar-refractivity contribution in [3.63, 3.8) is 0 Å². The molecule has 1 aliphatic rings. The van der Waals surface area contributed by atoms with E-state index in [9.17, 15) is 9.59 Å². The predicted molar refractivity (Wildman–Crippen MR) is 96.5 cm³/mol. The number of benzene rings is 1. The number of likely N-dealkylation sites (N-methyl/N-ethyl adjacent to an activating group) is 1. The van der Waals surface area contributed by atoms with Gasteiger partial charge in [0.2, 0.25) is 5.91 Å². The number of anilines is 2. The Kier molecular flexibility index (Phi) is 4.74. The second-order valence-electron chi connectivity index (χ2n) is 6.32. The molecule has 1 saturated heterocycles. The van der Waals surface area contributed by atoms with Crippen LogP contribution in [-0.2, 0) is 11.8 Å². The fourth-order valence-electron chi connectivity index (χ4n) is 3.15. The molecular formula is C18H23N5O2. The number of aromatic nitrogens is 2. The number of rotatable bonds is 3. The Balaban J connectivity index is 1.72. The number of urea groups is 1. The number of nitrogens with one attached hydrogen (secondary N) is 1. The molecule has 0 radical (unpaired) electrons. The van der Waals surface area contributed by atoms with Crippen LogP contribution in [0.25, 0.3) is 0 Å². The largest absolute Gasteiger partial charge is 0.323 e. The van der Waals surface area contributed by atoms with Crippen LogP contribution in [0.1, 0.15) is 18.5 Å². The summed E-state index contributed by atoms with van der Waals surface area (Å²) >= 11 is 0. The van der Waals surface area contributed by atoms with Crippen LogP contribution in [0.15, 0.2) is 36.4 Å². The standard InChI is InChI=1S/C18H23N5O2/c1-13-12-16(22(3)20-13)19-18(25)21(2)15-10-7-11-23(17(15)24)14-8-5-4-6-9-14/h4-6,8-9,12,15H,7,10-11H2,1-3H3,(H,19,25)/t15-/m0/s1. The highest BCUT2D eigenvalue weighted by atomic mass is 16.2. The molecule has 1 aromatic carbocycles. The minimum Gasteiger partial charge on any atom is -0.316 e. The minimum atomic E-state index is -0.469. The molecule has 0 bridgehead atoms. The average Bonchev–Trinajstić information content (AvgIpc) is 2.92. The van der Waals surface area contributed by atoms with Crippen LogP contribution in [0.4, 0.5) is 16.3 Å². The van der Waals surface area contributed by atoms with Gasteiger partial charge in [0.1, 0.15) is 11.9 Å². The number of piperidine rings is 1. The molecule has 0 unspecified atom stereocenters. The van der Waals surface area contributed by atoms with E-state index in [1.165, 1.54) is 4.90 Å². The van der Waals surface area contributed by atoms with E-state index in [4.69, 9.17) is 0 Å². The zero-order valence-electron chi connectivity index (χ0n) is 14.8. The molecule has 2 aromatic rings. The average molecular weight is 341 g/mol. The van der Waals surface area contributed by atoms with Crippen molar-refractivity contribution in [1.29, 1.82) is 0 Å². The highest BCUT2D eigenvalue weighted by Crippen LogP contribution is 2.23. The number of hydrogen-bond acceptors (Lipinski definition) is 3. The molecule has 3 amide bonds. The lowest BCUT2D eigenvalue weighted by molar-refractivity contribution is -0.123. The third-order valence-electron chi connectivity index (χ3n) is 4.50. The quantitative estimate of drug-likeness (QED) is 0.932. The van der Waals surface area contributed by atoms with Crippen molar-refractivity contribution in [2.75, 3.05) is 23.8 Å². The summed E-state index contributed by atoms with van der Waals surface area (Å²) in [6.07, 6.45) is 1.52. The second-order valence-corrected chi connectivity index (χ2v) is 6.32. The topological polar surface area (TPSA) is 70.5 Å². The lowest BCUT2D eigenvalue weighted by Gasteiger charge is -2.36. The molecular weight excluding hydrogens is 318 g/mol. The Morgan fingerprint density at radius 2 is 2.04 bits per heavy atom. The molecule has 1 N–H and O–H groups in total. The molecule has 1 aromatic heterocycles. The number of nitrogens with zero attached hydrogens (tertiary/aromatic N) is 4. The summed E-state index contributed by atoms with van der Waals surface area (Å²) in [5.41, 5.74) is 1.69. The van der Waals surface area contributed by atoms with Crippen molar-refractivity contribution in [1.82, 2.24) is 14.7 Å². The summed E-state index contributed by atoms with van der Waals surface area (Å²) < 4.78 is 1.61. The Labute approximate surface area is 147 Å². The summed E-state index contributed by atoms with van der Waals surface area (Å²) in [6, 6.07) is 10.6. The van der Waals surface area contributed by atoms with Crippen LogP contribution in [0.3, 0.4) is 0 Å². The SMILES string of the molecule is Cc1cc(NC(=O)N(C)[C@H]2CCCN(c3ccccc3)C2=O)n(C)n1. The van der Waals surface area contributed by atoms with E-state index in [-0.39, 0.29) is 11.9 Å². The number of carbonyl (C=O) groups is 2. The number of carbonyl (C=O) groups excluding carboxylic acids is 2. The monoisotopic (exact) mass is 341 g/mol. The second kappa shape index (κ2) is 6.96. The lowest BCUT2D eigenvalue weighted by Crippen LogP contribution is -2.54. The van der Waals surface area contributed by atoms with E-state index < -0.39 is 6.04 Å². The molecule has 1 atom stereocenters. The maximum absolute atomic E-state index is 12.9. The van der Waals surface area contributed by atoms with Crippen LogP contribution in [0, 0.1) is 6.92 Å². The Hall–Kier alpha value is -2.83. The van der Waals surface area contributed by atoms with Gasteiger partial charge in [0.05, 0.1) is 5.69 Å². The van der Waals surface area contributed by atoms with Crippen molar-refractivity contribution in [3.05, 3.63) is 42.1 Å². The van der Waals surface area contributed by atoms with Crippen LogP contribution in [0.5, 0.6) is 0 Å². The van der Waals surface area contributed by atoms with Gasteiger partial charge in [-0.25, -0.2) is 4.79 Å². The number of hydrogen-bond donors (Lipinski definition) is 1. The number of aryl methyl sites for hydroxylation is 2. The Morgan fingerprint density at radius 3 is 2.68 bits per heavy atom. The molecule has 1 fully saturated rings. The first-order valence-corrected chi connectivity index (χ1v) is 8.38.